The number of H-pyrrole nitrogens is 1. The molecule has 3 aliphatic heterocycles. The Morgan fingerprint density at radius 1 is 1.11 bits per heavy atom. The van der Waals surface area contributed by atoms with Crippen molar-refractivity contribution < 1.29 is 9.59 Å². The van der Waals surface area contributed by atoms with Gasteiger partial charge in [0.05, 0.1) is 12.0 Å². The number of fused-ring (bicyclic) bond motifs is 4. The van der Waals surface area contributed by atoms with Gasteiger partial charge in [-0.3, -0.25) is 14.5 Å². The number of aromatic nitrogens is 2. The van der Waals surface area contributed by atoms with Crippen LogP contribution in [0.25, 0.3) is 0 Å². The number of amides is 1. The summed E-state index contributed by atoms with van der Waals surface area (Å²) in [5.41, 5.74) is 2.89. The Labute approximate surface area is 165 Å². The molecule has 6 heteroatoms. The van der Waals surface area contributed by atoms with Crippen molar-refractivity contribution in [3.8, 4) is 0 Å². The van der Waals surface area contributed by atoms with Crippen LogP contribution < -0.4 is 0 Å². The van der Waals surface area contributed by atoms with Crippen LogP contribution in [0.1, 0.15) is 47.4 Å². The van der Waals surface area contributed by atoms with Crippen molar-refractivity contribution in [2.24, 2.45) is 5.92 Å². The normalized spacial score (nSPS) is 22.2. The second kappa shape index (κ2) is 8.27. The van der Waals surface area contributed by atoms with Crippen LogP contribution in [0.4, 0.5) is 0 Å². The highest BCUT2D eigenvalue weighted by Crippen LogP contribution is 2.29. The molecule has 0 saturated carbocycles. The number of nitrogens with zero attached hydrogens (tertiary/aromatic N) is 3. The maximum Gasteiger partial charge on any atom is 0.223 e. The van der Waals surface area contributed by atoms with Crippen LogP contribution in [0, 0.1) is 12.8 Å². The van der Waals surface area contributed by atoms with Crippen molar-refractivity contribution in [2.75, 3.05) is 19.6 Å². The molecule has 1 aromatic heterocycles. The number of benzene rings is 1. The summed E-state index contributed by atoms with van der Waals surface area (Å²) in [7, 11) is 0. The summed E-state index contributed by atoms with van der Waals surface area (Å²) >= 11 is 0. The summed E-state index contributed by atoms with van der Waals surface area (Å²) in [5, 5.41) is 0. The first-order chi connectivity index (χ1) is 13.6. The fourth-order valence-corrected chi connectivity index (χ4v) is 4.50. The molecule has 28 heavy (non-hydrogen) atoms. The lowest BCUT2D eigenvalue weighted by molar-refractivity contribution is -0.135. The fourth-order valence-electron chi connectivity index (χ4n) is 4.50. The van der Waals surface area contributed by atoms with Crippen LogP contribution in [0.15, 0.2) is 36.7 Å². The lowest BCUT2D eigenvalue weighted by atomic mass is 9.94. The van der Waals surface area contributed by atoms with Gasteiger partial charge in [0.25, 0.3) is 0 Å². The fraction of sp³-hybridized carbons (Fsp3) is 0.500. The summed E-state index contributed by atoms with van der Waals surface area (Å²) < 4.78 is 0. The molecule has 0 unspecified atom stereocenters. The number of carbonyl (C=O) groups is 2. The van der Waals surface area contributed by atoms with Gasteiger partial charge in [-0.2, -0.15) is 0 Å². The Kier molecular flexibility index (Phi) is 5.57. The monoisotopic (exact) mass is 380 g/mol. The van der Waals surface area contributed by atoms with E-state index in [-0.39, 0.29) is 24.2 Å². The highest BCUT2D eigenvalue weighted by molar-refractivity contribution is 5.97. The molecule has 3 aliphatic rings. The molecule has 2 bridgehead atoms. The Bertz CT molecular complexity index is 832. The quantitative estimate of drug-likeness (QED) is 0.783. The van der Waals surface area contributed by atoms with Crippen LogP contribution in [0.2, 0.25) is 0 Å². The molecule has 3 saturated heterocycles. The van der Waals surface area contributed by atoms with E-state index in [4.69, 9.17) is 0 Å². The maximum atomic E-state index is 12.9. The van der Waals surface area contributed by atoms with E-state index >= 15 is 0 Å². The van der Waals surface area contributed by atoms with E-state index in [2.05, 4.69) is 14.9 Å². The first kappa shape index (κ1) is 18.9. The second-order valence-electron chi connectivity index (χ2n) is 8.10. The molecular formula is C22H28N4O2. The predicted molar refractivity (Wildman–Crippen MR) is 107 cm³/mol. The van der Waals surface area contributed by atoms with Gasteiger partial charge < -0.3 is 9.88 Å². The van der Waals surface area contributed by atoms with Crippen molar-refractivity contribution in [3.63, 3.8) is 0 Å². The van der Waals surface area contributed by atoms with Gasteiger partial charge >= 0.3 is 0 Å². The standard InChI is InChI=1S/C22H28N4O2/c1-16-20(24-15-23-16)14-25-11-17-7-8-19(13-25)26(12-17)22(28)10-9-21(27)18-5-3-2-4-6-18/h2-6,15,17,19H,7-14H2,1H3,(H,23,24)/t17-,19+/m0/s1. The molecule has 0 aliphatic carbocycles. The number of hydrogen-bond acceptors (Lipinski definition) is 4. The largest absolute Gasteiger partial charge is 0.348 e. The SMILES string of the molecule is Cc1[nH]cnc1CN1C[C@@H]2CC[C@H](C1)N(C(=O)CCC(=O)c1ccccc1)C2. The van der Waals surface area contributed by atoms with Crippen LogP contribution in [-0.2, 0) is 11.3 Å². The van der Waals surface area contributed by atoms with Crippen molar-refractivity contribution in [1.29, 1.82) is 0 Å². The molecule has 5 rings (SSSR count). The van der Waals surface area contributed by atoms with Crippen molar-refractivity contribution in [3.05, 3.63) is 53.6 Å². The number of hydrogen-bond donors (Lipinski definition) is 1. The topological polar surface area (TPSA) is 69.3 Å². The van der Waals surface area contributed by atoms with Crippen molar-refractivity contribution >= 4 is 11.7 Å². The molecule has 1 N–H and O–H groups in total. The van der Waals surface area contributed by atoms with E-state index in [1.807, 2.05) is 42.2 Å². The smallest absolute Gasteiger partial charge is 0.223 e. The zero-order chi connectivity index (χ0) is 19.5. The molecule has 3 fully saturated rings. The summed E-state index contributed by atoms with van der Waals surface area (Å²) in [6.45, 7) is 5.60. The molecule has 0 spiro atoms. The number of piperidine rings is 1. The van der Waals surface area contributed by atoms with E-state index in [9.17, 15) is 9.59 Å². The molecule has 2 atom stereocenters. The molecule has 4 heterocycles. The number of carbonyl (C=O) groups excluding carboxylic acids is 2. The Balaban J connectivity index is 1.36. The number of rotatable bonds is 6. The first-order valence-electron chi connectivity index (χ1n) is 10.2. The summed E-state index contributed by atoms with van der Waals surface area (Å²) in [5.74, 6) is 0.674. The minimum Gasteiger partial charge on any atom is -0.348 e. The molecule has 0 radical (unpaired) electrons. The van der Waals surface area contributed by atoms with Gasteiger partial charge in [0.1, 0.15) is 0 Å². The van der Waals surface area contributed by atoms with Crippen LogP contribution in [0.3, 0.4) is 0 Å². The Morgan fingerprint density at radius 3 is 2.68 bits per heavy atom. The molecule has 1 aromatic carbocycles. The maximum absolute atomic E-state index is 12.9. The average molecular weight is 380 g/mol. The highest BCUT2D eigenvalue weighted by Gasteiger charge is 2.37. The molecule has 148 valence electrons. The molecule has 1 amide bonds. The van der Waals surface area contributed by atoms with Gasteiger partial charge in [-0.05, 0) is 25.7 Å². The van der Waals surface area contributed by atoms with Gasteiger partial charge in [0.15, 0.2) is 5.78 Å². The predicted octanol–water partition coefficient (Wildman–Crippen LogP) is 2.80. The Hall–Kier alpha value is -2.47. The van der Waals surface area contributed by atoms with E-state index in [0.717, 1.165) is 44.0 Å². The van der Waals surface area contributed by atoms with Crippen LogP contribution in [0.5, 0.6) is 0 Å². The number of Topliss-reactive ketones (excluding diaryl/α,β-unsaturated/α-hetero) is 1. The third-order valence-corrected chi connectivity index (χ3v) is 6.08. The average Bonchev–Trinajstić information content (AvgIpc) is 2.92. The van der Waals surface area contributed by atoms with E-state index in [0.29, 0.717) is 17.9 Å². The van der Waals surface area contributed by atoms with Gasteiger partial charge in [0.2, 0.25) is 5.91 Å². The van der Waals surface area contributed by atoms with E-state index in [1.54, 1.807) is 6.33 Å². The lowest BCUT2D eigenvalue weighted by Crippen LogP contribution is -2.47. The number of ketones is 1. The number of aromatic amines is 1. The van der Waals surface area contributed by atoms with Gasteiger partial charge in [-0.15, -0.1) is 0 Å². The van der Waals surface area contributed by atoms with Crippen LogP contribution >= 0.6 is 0 Å². The molecule has 2 aromatic rings. The number of aryl methyl sites for hydroxylation is 1. The van der Waals surface area contributed by atoms with E-state index in [1.165, 1.54) is 6.42 Å². The third kappa shape index (κ3) is 4.17. The highest BCUT2D eigenvalue weighted by atomic mass is 16.2. The van der Waals surface area contributed by atoms with Crippen molar-refractivity contribution in [2.45, 2.75) is 45.2 Å². The van der Waals surface area contributed by atoms with Gasteiger partial charge in [0, 0.05) is 56.3 Å². The second-order valence-corrected chi connectivity index (χ2v) is 8.10. The summed E-state index contributed by atoms with van der Waals surface area (Å²) in [6.07, 6.45) is 4.56. The lowest BCUT2D eigenvalue weighted by Gasteiger charge is -2.36. The molecule has 6 nitrogen and oxygen atoms in total. The van der Waals surface area contributed by atoms with E-state index < -0.39 is 0 Å². The Morgan fingerprint density at radius 2 is 1.93 bits per heavy atom. The minimum absolute atomic E-state index is 0.0459. The van der Waals surface area contributed by atoms with Gasteiger partial charge in [-0.1, -0.05) is 30.3 Å². The zero-order valence-electron chi connectivity index (χ0n) is 16.4. The molecular weight excluding hydrogens is 352 g/mol. The third-order valence-electron chi connectivity index (χ3n) is 6.08. The summed E-state index contributed by atoms with van der Waals surface area (Å²) in [6, 6.07) is 9.49. The zero-order valence-corrected chi connectivity index (χ0v) is 16.4. The van der Waals surface area contributed by atoms with Crippen molar-refractivity contribution in [1.82, 2.24) is 19.8 Å². The number of nitrogens with one attached hydrogen (secondary N) is 1. The first-order valence-corrected chi connectivity index (χ1v) is 10.2. The number of imidazole rings is 1. The minimum atomic E-state index is 0.0459. The van der Waals surface area contributed by atoms with Crippen LogP contribution in [-0.4, -0.2) is 57.1 Å². The van der Waals surface area contributed by atoms with Gasteiger partial charge in [-0.25, -0.2) is 4.98 Å². The summed E-state index contributed by atoms with van der Waals surface area (Å²) in [4.78, 5) is 37.3.